The van der Waals surface area contributed by atoms with Crippen molar-refractivity contribution in [3.8, 4) is 0 Å². The number of alkyl halides is 3. The fraction of sp³-hybridized carbons (Fsp3) is 0.250. The lowest BCUT2D eigenvalue weighted by Crippen LogP contribution is -2.11. The predicted molar refractivity (Wildman–Crippen MR) is 88.3 cm³/mol. The highest BCUT2D eigenvalue weighted by atomic mass is 32.2. The number of non-ortho nitro benzene ring substituents is 1. The molecule has 0 aliphatic heterocycles. The number of halogens is 4. The number of rotatable bonds is 6. The van der Waals surface area contributed by atoms with Gasteiger partial charge in [0.2, 0.25) is 0 Å². The number of hydrogen-bond acceptors (Lipinski definition) is 4. The minimum absolute atomic E-state index is 0.0592. The van der Waals surface area contributed by atoms with Gasteiger partial charge in [0.25, 0.3) is 5.69 Å². The Morgan fingerprint density at radius 2 is 1.84 bits per heavy atom. The Hall–Kier alpha value is -2.29. The molecule has 4 nitrogen and oxygen atoms in total. The average Bonchev–Trinajstić information content (AvgIpc) is 2.52. The van der Waals surface area contributed by atoms with Gasteiger partial charge in [-0.15, -0.1) is 11.8 Å². The molecule has 0 spiro atoms. The van der Waals surface area contributed by atoms with Crippen LogP contribution in [0.15, 0.2) is 41.3 Å². The maximum atomic E-state index is 14.0. The lowest BCUT2D eigenvalue weighted by atomic mass is 10.2. The molecule has 134 valence electrons. The van der Waals surface area contributed by atoms with Crippen LogP contribution in [-0.4, -0.2) is 16.9 Å². The summed E-state index contributed by atoms with van der Waals surface area (Å²) in [4.78, 5) is 10.4. The minimum Gasteiger partial charge on any atom is -0.379 e. The predicted octanol–water partition coefficient (Wildman–Crippen LogP) is 5.31. The van der Waals surface area contributed by atoms with Crippen molar-refractivity contribution >= 4 is 23.1 Å². The molecule has 0 fully saturated rings. The van der Waals surface area contributed by atoms with Gasteiger partial charge in [-0.2, -0.15) is 13.2 Å². The maximum Gasteiger partial charge on any atom is 0.398 e. The first kappa shape index (κ1) is 19.0. The third-order valence-electron chi connectivity index (χ3n) is 3.29. The Bertz CT molecular complexity index is 764. The molecule has 2 aromatic carbocycles. The van der Waals surface area contributed by atoms with E-state index in [4.69, 9.17) is 0 Å². The second-order valence-electron chi connectivity index (χ2n) is 5.28. The molecule has 0 aromatic heterocycles. The number of anilines is 1. The quantitative estimate of drug-likeness (QED) is 0.322. The molecule has 0 amide bonds. The summed E-state index contributed by atoms with van der Waals surface area (Å²) in [6, 6.07) is 8.22. The van der Waals surface area contributed by atoms with Crippen molar-refractivity contribution in [3.63, 3.8) is 0 Å². The van der Waals surface area contributed by atoms with E-state index < -0.39 is 22.7 Å². The third-order valence-corrected chi connectivity index (χ3v) is 4.51. The van der Waals surface area contributed by atoms with E-state index in [2.05, 4.69) is 5.32 Å². The van der Waals surface area contributed by atoms with Crippen molar-refractivity contribution in [1.29, 1.82) is 0 Å². The van der Waals surface area contributed by atoms with Gasteiger partial charge in [-0.3, -0.25) is 10.1 Å². The first-order valence-electron chi connectivity index (χ1n) is 7.12. The molecule has 0 bridgehead atoms. The highest BCUT2D eigenvalue weighted by molar-refractivity contribution is 7.99. The molecule has 2 aromatic rings. The number of aryl methyl sites for hydroxylation is 1. The normalized spacial score (nSPS) is 11.4. The lowest BCUT2D eigenvalue weighted by Gasteiger charge is -2.13. The molecule has 25 heavy (non-hydrogen) atoms. The molecule has 0 saturated heterocycles. The van der Waals surface area contributed by atoms with Gasteiger partial charge in [-0.05, 0) is 30.2 Å². The lowest BCUT2D eigenvalue weighted by molar-refractivity contribution is -0.384. The molecule has 0 atom stereocenters. The van der Waals surface area contributed by atoms with E-state index in [0.717, 1.165) is 0 Å². The SMILES string of the molecule is Cc1cc(F)c(NCc2ccc([N+](=O)[O-])cc2)cc1SCC(F)(F)F. The van der Waals surface area contributed by atoms with Gasteiger partial charge >= 0.3 is 6.18 Å². The van der Waals surface area contributed by atoms with Crippen LogP contribution < -0.4 is 5.32 Å². The van der Waals surface area contributed by atoms with Crippen LogP contribution in [0.1, 0.15) is 11.1 Å². The fourth-order valence-corrected chi connectivity index (χ4v) is 2.84. The number of nitrogens with zero attached hydrogens (tertiary/aromatic N) is 1. The van der Waals surface area contributed by atoms with Crippen LogP contribution in [0, 0.1) is 22.9 Å². The van der Waals surface area contributed by atoms with Gasteiger partial charge in [-0.25, -0.2) is 4.39 Å². The number of thioether (sulfide) groups is 1. The van der Waals surface area contributed by atoms with Crippen LogP contribution in [0.4, 0.5) is 28.9 Å². The van der Waals surface area contributed by atoms with Crippen LogP contribution >= 0.6 is 11.8 Å². The second-order valence-corrected chi connectivity index (χ2v) is 6.30. The first-order chi connectivity index (χ1) is 11.7. The highest BCUT2D eigenvalue weighted by Gasteiger charge is 2.27. The number of hydrogen-bond donors (Lipinski definition) is 1. The molecule has 9 heteroatoms. The van der Waals surface area contributed by atoms with Crippen molar-refractivity contribution < 1.29 is 22.5 Å². The second kappa shape index (κ2) is 7.73. The summed E-state index contributed by atoms with van der Waals surface area (Å²) in [5.41, 5.74) is 1.12. The summed E-state index contributed by atoms with van der Waals surface area (Å²) in [5.74, 6) is -1.63. The highest BCUT2D eigenvalue weighted by Crippen LogP contribution is 2.32. The Kier molecular flexibility index (Phi) is 5.89. The summed E-state index contributed by atoms with van der Waals surface area (Å²) in [7, 11) is 0. The monoisotopic (exact) mass is 374 g/mol. The summed E-state index contributed by atoms with van der Waals surface area (Å²) >= 11 is 0.597. The van der Waals surface area contributed by atoms with E-state index in [-0.39, 0.29) is 17.9 Å². The molecule has 0 unspecified atom stereocenters. The zero-order valence-electron chi connectivity index (χ0n) is 13.1. The van der Waals surface area contributed by atoms with Crippen LogP contribution in [0.3, 0.4) is 0 Å². The number of benzene rings is 2. The maximum absolute atomic E-state index is 14.0. The Morgan fingerprint density at radius 1 is 1.20 bits per heavy atom. The molecule has 0 saturated carbocycles. The van der Waals surface area contributed by atoms with Crippen LogP contribution in [0.5, 0.6) is 0 Å². The van der Waals surface area contributed by atoms with E-state index in [1.165, 1.54) is 36.4 Å². The molecule has 0 heterocycles. The van der Waals surface area contributed by atoms with E-state index in [1.54, 1.807) is 6.92 Å². The molecule has 0 aliphatic rings. The molecule has 2 rings (SSSR count). The number of nitrogens with one attached hydrogen (secondary N) is 1. The largest absolute Gasteiger partial charge is 0.398 e. The Balaban J connectivity index is 2.09. The minimum atomic E-state index is -4.31. The Labute approximate surface area is 145 Å². The first-order valence-corrected chi connectivity index (χ1v) is 8.11. The van der Waals surface area contributed by atoms with Crippen molar-refractivity contribution in [2.45, 2.75) is 24.5 Å². The van der Waals surface area contributed by atoms with E-state index in [9.17, 15) is 27.7 Å². The zero-order chi connectivity index (χ0) is 18.6. The topological polar surface area (TPSA) is 55.2 Å². The van der Waals surface area contributed by atoms with Gasteiger partial charge in [0.15, 0.2) is 0 Å². The third kappa shape index (κ3) is 5.63. The van der Waals surface area contributed by atoms with Crippen molar-refractivity contribution in [3.05, 3.63) is 63.5 Å². The zero-order valence-corrected chi connectivity index (χ0v) is 13.9. The van der Waals surface area contributed by atoms with E-state index >= 15 is 0 Å². The summed E-state index contributed by atoms with van der Waals surface area (Å²) in [5, 5.41) is 13.4. The van der Waals surface area contributed by atoms with E-state index in [0.29, 0.717) is 27.8 Å². The number of nitro benzene ring substituents is 1. The molecular formula is C16H14F4N2O2S. The standard InChI is InChI=1S/C16H14F4N2O2S/c1-10-6-13(17)14(7-15(10)25-9-16(18,19)20)21-8-11-2-4-12(5-3-11)22(23)24/h2-7,21H,8-9H2,1H3. The van der Waals surface area contributed by atoms with Gasteiger partial charge in [0, 0.05) is 23.6 Å². The summed E-state index contributed by atoms with van der Waals surface area (Å²) < 4.78 is 51.1. The number of nitro groups is 1. The van der Waals surface area contributed by atoms with Crippen molar-refractivity contribution in [2.75, 3.05) is 11.1 Å². The summed E-state index contributed by atoms with van der Waals surface area (Å²) in [6.07, 6.45) is -4.31. The molecule has 0 radical (unpaired) electrons. The van der Waals surface area contributed by atoms with Crippen LogP contribution in [0.25, 0.3) is 0 Å². The van der Waals surface area contributed by atoms with Gasteiger partial charge in [-0.1, -0.05) is 12.1 Å². The van der Waals surface area contributed by atoms with Crippen molar-refractivity contribution in [2.24, 2.45) is 0 Å². The van der Waals surface area contributed by atoms with Gasteiger partial charge < -0.3 is 5.32 Å². The molecule has 1 N–H and O–H groups in total. The summed E-state index contributed by atoms with van der Waals surface area (Å²) in [6.45, 7) is 1.73. The van der Waals surface area contributed by atoms with E-state index in [1.807, 2.05) is 0 Å². The molecule has 0 aliphatic carbocycles. The van der Waals surface area contributed by atoms with Crippen LogP contribution in [0.2, 0.25) is 0 Å². The van der Waals surface area contributed by atoms with Gasteiger partial charge in [0.1, 0.15) is 5.82 Å². The molecular weight excluding hydrogens is 360 g/mol. The van der Waals surface area contributed by atoms with Crippen molar-refractivity contribution in [1.82, 2.24) is 0 Å². The smallest absolute Gasteiger partial charge is 0.379 e. The Morgan fingerprint density at radius 3 is 2.40 bits per heavy atom. The van der Waals surface area contributed by atoms with Gasteiger partial charge in [0.05, 0.1) is 16.4 Å². The average molecular weight is 374 g/mol. The van der Waals surface area contributed by atoms with Crippen LogP contribution in [-0.2, 0) is 6.54 Å². The fourth-order valence-electron chi connectivity index (χ4n) is 2.04.